The molecule has 1 atom stereocenters. The summed E-state index contributed by atoms with van der Waals surface area (Å²) < 4.78 is 37.2. The lowest BCUT2D eigenvalue weighted by molar-refractivity contribution is -0.132. The van der Waals surface area contributed by atoms with Crippen LogP contribution in [0.1, 0.15) is 32.6 Å². The molecule has 0 N–H and O–H groups in total. The predicted octanol–water partition coefficient (Wildman–Crippen LogP) is 2.01. The summed E-state index contributed by atoms with van der Waals surface area (Å²) in [7, 11) is -1.89. The third kappa shape index (κ3) is 3.75. The second-order valence-electron chi connectivity index (χ2n) is 6.95. The summed E-state index contributed by atoms with van der Waals surface area (Å²) >= 11 is 0. The summed E-state index contributed by atoms with van der Waals surface area (Å²) in [6.07, 6.45) is 5.27. The molecular weight excluding hydrogens is 356 g/mol. The maximum absolute atomic E-state index is 12.9. The van der Waals surface area contributed by atoms with Crippen molar-refractivity contribution in [3.05, 3.63) is 18.2 Å². The van der Waals surface area contributed by atoms with Gasteiger partial charge in [-0.1, -0.05) is 12.8 Å². The highest BCUT2D eigenvalue weighted by Gasteiger charge is 2.34. The van der Waals surface area contributed by atoms with E-state index in [9.17, 15) is 13.2 Å². The van der Waals surface area contributed by atoms with Gasteiger partial charge in [-0.05, 0) is 31.9 Å². The lowest BCUT2D eigenvalue weighted by Gasteiger charge is -2.34. The Balaban J connectivity index is 1.89. The maximum Gasteiger partial charge on any atom is 0.246 e. The summed E-state index contributed by atoms with van der Waals surface area (Å²) in [6, 6.07) is 4.30. The zero-order chi connectivity index (χ0) is 18.9. The van der Waals surface area contributed by atoms with Gasteiger partial charge in [-0.15, -0.1) is 0 Å². The van der Waals surface area contributed by atoms with Crippen molar-refractivity contribution >= 4 is 21.6 Å². The molecule has 1 aromatic rings. The molecule has 26 heavy (non-hydrogen) atoms. The number of fused-ring (bicyclic) bond motifs is 1. The van der Waals surface area contributed by atoms with Gasteiger partial charge >= 0.3 is 0 Å². The number of benzene rings is 1. The molecule has 8 heteroatoms. The quantitative estimate of drug-likeness (QED) is 0.779. The number of nitrogens with zero attached hydrogens (tertiary/aromatic N) is 2. The van der Waals surface area contributed by atoms with E-state index >= 15 is 0 Å². The van der Waals surface area contributed by atoms with E-state index in [1.54, 1.807) is 37.1 Å². The maximum atomic E-state index is 12.9. The minimum Gasteiger partial charge on any atom is -0.486 e. The average Bonchev–Trinajstić information content (AvgIpc) is 3.13. The highest BCUT2D eigenvalue weighted by molar-refractivity contribution is 7.92. The van der Waals surface area contributed by atoms with Gasteiger partial charge in [0.05, 0.1) is 11.9 Å². The van der Waals surface area contributed by atoms with Gasteiger partial charge in [0.25, 0.3) is 0 Å². The monoisotopic (exact) mass is 382 g/mol. The lowest BCUT2D eigenvalue weighted by Crippen LogP contribution is -2.50. The molecule has 0 saturated heterocycles. The van der Waals surface area contributed by atoms with Crippen LogP contribution in [0.3, 0.4) is 0 Å². The standard InChI is InChI=1S/C18H26N2O5S/c1-13(18(21)19(2)14-6-4-5-7-14)20(26(3,22)23)15-8-9-16-17(12-15)25-11-10-24-16/h8-9,12-14H,4-7,10-11H2,1-3H3/t13-/m1/s1. The van der Waals surface area contributed by atoms with Gasteiger partial charge in [0, 0.05) is 19.2 Å². The molecule has 0 spiro atoms. The van der Waals surface area contributed by atoms with Crippen LogP contribution in [0.5, 0.6) is 11.5 Å². The first-order valence-electron chi connectivity index (χ1n) is 8.95. The number of sulfonamides is 1. The van der Waals surface area contributed by atoms with Crippen LogP contribution in [0.4, 0.5) is 5.69 Å². The minimum absolute atomic E-state index is 0.187. The van der Waals surface area contributed by atoms with Crippen molar-refractivity contribution in [2.75, 3.05) is 30.8 Å². The number of carbonyl (C=O) groups is 1. The van der Waals surface area contributed by atoms with E-state index in [2.05, 4.69) is 0 Å². The fourth-order valence-corrected chi connectivity index (χ4v) is 4.90. The number of hydrogen-bond acceptors (Lipinski definition) is 5. The van der Waals surface area contributed by atoms with Gasteiger partial charge in [0.1, 0.15) is 19.3 Å². The van der Waals surface area contributed by atoms with E-state index in [0.29, 0.717) is 30.4 Å². The Morgan fingerprint density at radius 1 is 1.15 bits per heavy atom. The summed E-state index contributed by atoms with van der Waals surface area (Å²) in [5.74, 6) is 0.874. The van der Waals surface area contributed by atoms with Gasteiger partial charge < -0.3 is 14.4 Å². The molecule has 0 radical (unpaired) electrons. The van der Waals surface area contributed by atoms with Crippen LogP contribution >= 0.6 is 0 Å². The van der Waals surface area contributed by atoms with Crippen molar-refractivity contribution in [3.63, 3.8) is 0 Å². The van der Waals surface area contributed by atoms with E-state index in [4.69, 9.17) is 9.47 Å². The molecule has 1 fully saturated rings. The molecule has 0 aromatic heterocycles. The van der Waals surface area contributed by atoms with Crippen LogP contribution in [0.15, 0.2) is 18.2 Å². The van der Waals surface area contributed by atoms with Crippen LogP contribution < -0.4 is 13.8 Å². The highest BCUT2D eigenvalue weighted by Crippen LogP contribution is 2.35. The molecule has 1 heterocycles. The first-order valence-corrected chi connectivity index (χ1v) is 10.8. The second kappa shape index (κ2) is 7.34. The molecule has 1 aliphatic heterocycles. The smallest absolute Gasteiger partial charge is 0.246 e. The van der Waals surface area contributed by atoms with Crippen LogP contribution in [0.25, 0.3) is 0 Å². The number of anilines is 1. The van der Waals surface area contributed by atoms with Crippen LogP contribution in [-0.4, -0.2) is 57.8 Å². The van der Waals surface area contributed by atoms with E-state index in [-0.39, 0.29) is 11.9 Å². The molecule has 0 bridgehead atoms. The Bertz CT molecular complexity index is 774. The van der Waals surface area contributed by atoms with Crippen LogP contribution in [0.2, 0.25) is 0 Å². The Morgan fingerprint density at radius 3 is 2.38 bits per heavy atom. The fraction of sp³-hybridized carbons (Fsp3) is 0.611. The van der Waals surface area contributed by atoms with Crippen LogP contribution in [-0.2, 0) is 14.8 Å². The topological polar surface area (TPSA) is 76.2 Å². The summed E-state index contributed by atoms with van der Waals surface area (Å²) in [6.45, 7) is 2.50. The van der Waals surface area contributed by atoms with Gasteiger partial charge in [-0.2, -0.15) is 0 Å². The molecule has 144 valence electrons. The fourth-order valence-electron chi connectivity index (χ4n) is 3.74. The van der Waals surface area contributed by atoms with Crippen molar-refractivity contribution in [1.82, 2.24) is 4.90 Å². The largest absolute Gasteiger partial charge is 0.486 e. The van der Waals surface area contributed by atoms with Gasteiger partial charge in [0.15, 0.2) is 11.5 Å². The first-order chi connectivity index (χ1) is 12.3. The Morgan fingerprint density at radius 2 is 1.77 bits per heavy atom. The van der Waals surface area contributed by atoms with Gasteiger partial charge in [-0.3, -0.25) is 9.10 Å². The second-order valence-corrected chi connectivity index (χ2v) is 8.81. The Kier molecular flexibility index (Phi) is 5.32. The minimum atomic E-state index is -3.66. The summed E-state index contributed by atoms with van der Waals surface area (Å²) in [5.41, 5.74) is 0.400. The molecule has 1 aromatic carbocycles. The molecule has 1 amide bonds. The van der Waals surface area contributed by atoms with Crippen molar-refractivity contribution < 1.29 is 22.7 Å². The van der Waals surface area contributed by atoms with E-state index in [0.717, 1.165) is 31.9 Å². The lowest BCUT2D eigenvalue weighted by atomic mass is 10.1. The molecule has 3 rings (SSSR count). The zero-order valence-electron chi connectivity index (χ0n) is 15.5. The molecule has 0 unspecified atom stereocenters. The van der Waals surface area contributed by atoms with Crippen molar-refractivity contribution in [1.29, 1.82) is 0 Å². The van der Waals surface area contributed by atoms with Crippen molar-refractivity contribution in [2.24, 2.45) is 0 Å². The van der Waals surface area contributed by atoms with E-state index < -0.39 is 16.1 Å². The van der Waals surface area contributed by atoms with Crippen LogP contribution in [0, 0.1) is 0 Å². The SMILES string of the molecule is C[C@H](C(=O)N(C)C1CCCC1)N(c1ccc2c(c1)OCCO2)S(C)(=O)=O. The summed E-state index contributed by atoms with van der Waals surface area (Å²) in [4.78, 5) is 14.6. The number of amides is 1. The molecular formula is C18H26N2O5S. The molecule has 7 nitrogen and oxygen atoms in total. The third-order valence-corrected chi connectivity index (χ3v) is 6.31. The van der Waals surface area contributed by atoms with Gasteiger partial charge in [-0.25, -0.2) is 8.42 Å². The number of rotatable bonds is 5. The predicted molar refractivity (Wildman–Crippen MR) is 99.2 cm³/mol. The van der Waals surface area contributed by atoms with Crippen molar-refractivity contribution in [2.45, 2.75) is 44.7 Å². The van der Waals surface area contributed by atoms with E-state index in [1.807, 2.05) is 0 Å². The van der Waals surface area contributed by atoms with Crippen molar-refractivity contribution in [3.8, 4) is 11.5 Å². The molecule has 1 aliphatic carbocycles. The number of likely N-dealkylation sites (N-methyl/N-ethyl adjacent to an activating group) is 1. The first kappa shape index (κ1) is 18.8. The average molecular weight is 382 g/mol. The van der Waals surface area contributed by atoms with Gasteiger partial charge in [0.2, 0.25) is 15.9 Å². The Labute approximate surface area is 154 Å². The number of hydrogen-bond donors (Lipinski definition) is 0. The number of ether oxygens (including phenoxy) is 2. The molecule has 2 aliphatic rings. The normalized spacial score (nSPS) is 18.4. The molecule has 1 saturated carbocycles. The summed E-state index contributed by atoms with van der Waals surface area (Å²) in [5, 5.41) is 0. The highest BCUT2D eigenvalue weighted by atomic mass is 32.2. The third-order valence-electron chi connectivity index (χ3n) is 5.07. The zero-order valence-corrected chi connectivity index (χ0v) is 16.3. The Hall–Kier alpha value is -1.96. The number of carbonyl (C=O) groups excluding carboxylic acids is 1. The van der Waals surface area contributed by atoms with E-state index in [1.165, 1.54) is 4.31 Å².